The molecule has 1 saturated heterocycles. The normalized spacial score (nSPS) is 16.3. The van der Waals surface area contributed by atoms with Crippen LogP contribution in [0.15, 0.2) is 36.7 Å². The van der Waals surface area contributed by atoms with Gasteiger partial charge in [-0.15, -0.1) is 0 Å². The van der Waals surface area contributed by atoms with Gasteiger partial charge in [0.05, 0.1) is 13.7 Å². The second-order valence-electron chi connectivity index (χ2n) is 6.81. The minimum atomic E-state index is -3.84. The van der Waals surface area contributed by atoms with E-state index in [2.05, 4.69) is 9.71 Å². The molecule has 2 heterocycles. The predicted molar refractivity (Wildman–Crippen MR) is 110 cm³/mol. The summed E-state index contributed by atoms with van der Waals surface area (Å²) in [5.74, 6) is 1.17. The van der Waals surface area contributed by atoms with Gasteiger partial charge >= 0.3 is 6.09 Å². The number of hydrogen-bond acceptors (Lipinski definition) is 6. The molecule has 1 N–H and O–H groups in total. The van der Waals surface area contributed by atoms with Crippen molar-refractivity contribution in [2.24, 2.45) is 7.05 Å². The summed E-state index contributed by atoms with van der Waals surface area (Å²) in [6.07, 6.45) is 2.95. The summed E-state index contributed by atoms with van der Waals surface area (Å²) in [5, 5.41) is 0. The average molecular weight is 438 g/mol. The average Bonchev–Trinajstić information content (AvgIpc) is 3.18. The van der Waals surface area contributed by atoms with Crippen molar-refractivity contribution in [3.63, 3.8) is 0 Å². The van der Waals surface area contributed by atoms with Crippen LogP contribution in [0.25, 0.3) is 0 Å². The Kier molecular flexibility index (Phi) is 6.95. The van der Waals surface area contributed by atoms with E-state index in [1.807, 2.05) is 13.1 Å². The van der Waals surface area contributed by atoms with E-state index >= 15 is 0 Å². The van der Waals surface area contributed by atoms with E-state index < -0.39 is 22.3 Å². The van der Waals surface area contributed by atoms with Crippen LogP contribution in [0.1, 0.15) is 24.4 Å². The van der Waals surface area contributed by atoms with Crippen LogP contribution in [0.5, 0.6) is 5.75 Å². The van der Waals surface area contributed by atoms with Crippen molar-refractivity contribution < 1.29 is 22.7 Å². The van der Waals surface area contributed by atoms with E-state index in [0.717, 1.165) is 0 Å². The lowest BCUT2D eigenvalue weighted by Gasteiger charge is -2.34. The number of amides is 1. The molecule has 11 heteroatoms. The minimum Gasteiger partial charge on any atom is -0.497 e. The number of aryl methyl sites for hydroxylation is 1. The lowest BCUT2D eigenvalue weighted by Crippen LogP contribution is -2.54. The SMILES string of the molecule is CCOC(=O)N1CCN(S(=O)(=O)NC(c2cccc(OC)c2)c2nccn2C)CC1. The highest BCUT2D eigenvalue weighted by molar-refractivity contribution is 7.87. The number of hydrogen-bond donors (Lipinski definition) is 1. The molecule has 0 saturated carbocycles. The highest BCUT2D eigenvalue weighted by Crippen LogP contribution is 2.25. The number of aromatic nitrogens is 2. The fourth-order valence-electron chi connectivity index (χ4n) is 3.30. The highest BCUT2D eigenvalue weighted by atomic mass is 32.2. The van der Waals surface area contributed by atoms with Crippen LogP contribution in [0.2, 0.25) is 0 Å². The maximum atomic E-state index is 13.1. The summed E-state index contributed by atoms with van der Waals surface area (Å²) < 4.78 is 42.4. The topological polar surface area (TPSA) is 106 Å². The zero-order valence-corrected chi connectivity index (χ0v) is 18.1. The molecule has 1 amide bonds. The van der Waals surface area contributed by atoms with Gasteiger partial charge in [0.15, 0.2) is 0 Å². The van der Waals surface area contributed by atoms with Gasteiger partial charge in [-0.1, -0.05) is 12.1 Å². The van der Waals surface area contributed by atoms with Gasteiger partial charge in [0.2, 0.25) is 0 Å². The largest absolute Gasteiger partial charge is 0.497 e. The number of imidazole rings is 1. The number of piperazine rings is 1. The van der Waals surface area contributed by atoms with E-state index in [1.54, 1.807) is 49.2 Å². The van der Waals surface area contributed by atoms with E-state index in [9.17, 15) is 13.2 Å². The molecule has 1 unspecified atom stereocenters. The lowest BCUT2D eigenvalue weighted by molar-refractivity contribution is 0.0932. The molecule has 3 rings (SSSR count). The Morgan fingerprint density at radius 1 is 1.27 bits per heavy atom. The molecule has 1 aliphatic rings. The van der Waals surface area contributed by atoms with Crippen LogP contribution >= 0.6 is 0 Å². The maximum absolute atomic E-state index is 13.1. The number of carbonyl (C=O) groups is 1. The Morgan fingerprint density at radius 3 is 2.60 bits per heavy atom. The molecule has 1 aromatic carbocycles. The highest BCUT2D eigenvalue weighted by Gasteiger charge is 2.33. The zero-order valence-electron chi connectivity index (χ0n) is 17.3. The van der Waals surface area contributed by atoms with Gasteiger partial charge in [-0.3, -0.25) is 0 Å². The van der Waals surface area contributed by atoms with E-state index in [0.29, 0.717) is 17.1 Å². The van der Waals surface area contributed by atoms with Crippen LogP contribution in [-0.4, -0.2) is 73.2 Å². The number of nitrogens with zero attached hydrogens (tertiary/aromatic N) is 4. The monoisotopic (exact) mass is 437 g/mol. The van der Waals surface area contributed by atoms with Crippen LogP contribution in [0, 0.1) is 0 Å². The van der Waals surface area contributed by atoms with Crippen LogP contribution < -0.4 is 9.46 Å². The quantitative estimate of drug-likeness (QED) is 0.696. The second kappa shape index (κ2) is 9.45. The minimum absolute atomic E-state index is 0.180. The van der Waals surface area contributed by atoms with Crippen molar-refractivity contribution in [2.75, 3.05) is 39.9 Å². The van der Waals surface area contributed by atoms with Crippen molar-refractivity contribution in [3.05, 3.63) is 48.0 Å². The van der Waals surface area contributed by atoms with Gasteiger partial charge in [-0.2, -0.15) is 17.4 Å². The summed E-state index contributed by atoms with van der Waals surface area (Å²) >= 11 is 0. The Balaban J connectivity index is 1.80. The number of methoxy groups -OCH3 is 1. The molecule has 1 atom stereocenters. The molecule has 30 heavy (non-hydrogen) atoms. The van der Waals surface area contributed by atoms with Crippen molar-refractivity contribution in [1.82, 2.24) is 23.5 Å². The zero-order chi connectivity index (χ0) is 21.7. The number of nitrogens with one attached hydrogen (secondary N) is 1. The third kappa shape index (κ3) is 4.91. The Hall–Kier alpha value is -2.63. The van der Waals surface area contributed by atoms with Crippen molar-refractivity contribution >= 4 is 16.3 Å². The first-order valence-electron chi connectivity index (χ1n) is 9.66. The molecule has 1 fully saturated rings. The first kappa shape index (κ1) is 22.1. The molecular formula is C19H27N5O5S. The predicted octanol–water partition coefficient (Wildman–Crippen LogP) is 1.13. The smallest absolute Gasteiger partial charge is 0.409 e. The molecular weight excluding hydrogens is 410 g/mol. The standard InChI is InChI=1S/C19H27N5O5S/c1-4-29-19(25)23-10-12-24(13-11-23)30(26,27)21-17(18-20-8-9-22(18)2)15-6-5-7-16(14-15)28-3/h5-9,14,17,21H,4,10-13H2,1-3H3. The molecule has 1 aromatic heterocycles. The summed E-state index contributed by atoms with van der Waals surface area (Å²) in [7, 11) is -0.479. The summed E-state index contributed by atoms with van der Waals surface area (Å²) in [4.78, 5) is 17.7. The number of carbonyl (C=O) groups excluding carboxylic acids is 1. The molecule has 0 bridgehead atoms. The van der Waals surface area contributed by atoms with E-state index in [4.69, 9.17) is 9.47 Å². The number of ether oxygens (including phenoxy) is 2. The molecule has 1 aliphatic heterocycles. The van der Waals surface area contributed by atoms with E-state index in [-0.39, 0.29) is 32.8 Å². The summed E-state index contributed by atoms with van der Waals surface area (Å²) in [5.41, 5.74) is 0.706. The van der Waals surface area contributed by atoms with Crippen molar-refractivity contribution in [1.29, 1.82) is 0 Å². The van der Waals surface area contributed by atoms with Gasteiger partial charge < -0.3 is 18.9 Å². The van der Waals surface area contributed by atoms with Gasteiger partial charge in [0, 0.05) is 45.6 Å². The van der Waals surface area contributed by atoms with Gasteiger partial charge in [-0.25, -0.2) is 9.78 Å². The first-order valence-corrected chi connectivity index (χ1v) is 11.1. The summed E-state index contributed by atoms with van der Waals surface area (Å²) in [6.45, 7) is 2.92. The molecule has 0 spiro atoms. The van der Waals surface area contributed by atoms with Crippen molar-refractivity contribution in [2.45, 2.75) is 13.0 Å². The van der Waals surface area contributed by atoms with Gasteiger partial charge in [0.1, 0.15) is 17.6 Å². The fourth-order valence-corrected chi connectivity index (χ4v) is 4.63. The number of benzene rings is 1. The Morgan fingerprint density at radius 2 is 2.00 bits per heavy atom. The Bertz CT molecular complexity index is 969. The van der Waals surface area contributed by atoms with Crippen LogP contribution in [0.4, 0.5) is 4.79 Å². The third-order valence-electron chi connectivity index (χ3n) is 4.92. The number of rotatable bonds is 7. The third-order valence-corrected chi connectivity index (χ3v) is 6.49. The van der Waals surface area contributed by atoms with Gasteiger partial charge in [0.25, 0.3) is 10.2 Å². The maximum Gasteiger partial charge on any atom is 0.409 e. The Labute approximate surface area is 176 Å². The molecule has 2 aromatic rings. The van der Waals surface area contributed by atoms with Crippen LogP contribution in [0.3, 0.4) is 0 Å². The molecule has 10 nitrogen and oxygen atoms in total. The van der Waals surface area contributed by atoms with Crippen LogP contribution in [-0.2, 0) is 22.0 Å². The van der Waals surface area contributed by atoms with Gasteiger partial charge in [-0.05, 0) is 24.6 Å². The second-order valence-corrected chi connectivity index (χ2v) is 8.52. The molecule has 0 aliphatic carbocycles. The summed E-state index contributed by atoms with van der Waals surface area (Å²) in [6, 6.07) is 6.50. The fraction of sp³-hybridized carbons (Fsp3) is 0.474. The molecule has 164 valence electrons. The first-order chi connectivity index (χ1) is 14.4. The molecule has 0 radical (unpaired) electrons. The van der Waals surface area contributed by atoms with Crippen molar-refractivity contribution in [3.8, 4) is 5.75 Å². The van der Waals surface area contributed by atoms with E-state index in [1.165, 1.54) is 9.21 Å². The lowest BCUT2D eigenvalue weighted by atomic mass is 10.1.